The van der Waals surface area contributed by atoms with Gasteiger partial charge < -0.3 is 20.1 Å². The number of aliphatic imine (C=N–C) groups is 1. The molecule has 1 aromatic carbocycles. The Hall–Kier alpha value is -1.80. The second-order valence-corrected chi connectivity index (χ2v) is 10.2. The summed E-state index contributed by atoms with van der Waals surface area (Å²) in [4.78, 5) is 4.27. The van der Waals surface area contributed by atoms with E-state index in [4.69, 9.17) is 9.47 Å². The molecule has 1 atom stereocenters. The van der Waals surface area contributed by atoms with Gasteiger partial charge in [0.2, 0.25) is 0 Å². The summed E-state index contributed by atoms with van der Waals surface area (Å²) in [5, 5.41) is 6.59. The van der Waals surface area contributed by atoms with E-state index in [1.165, 1.54) is 6.26 Å². The van der Waals surface area contributed by atoms with Gasteiger partial charge in [-0.25, -0.2) is 8.42 Å². The average Bonchev–Trinajstić information content (AvgIpc) is 3.16. The first-order valence-electron chi connectivity index (χ1n) is 9.75. The van der Waals surface area contributed by atoms with E-state index in [1.807, 2.05) is 6.92 Å². The monoisotopic (exact) mass is 409 g/mol. The number of sulfone groups is 1. The van der Waals surface area contributed by atoms with Gasteiger partial charge in [-0.15, -0.1) is 0 Å². The van der Waals surface area contributed by atoms with Crippen molar-refractivity contribution in [2.45, 2.75) is 38.8 Å². The maximum Gasteiger partial charge on any atom is 0.191 e. The van der Waals surface area contributed by atoms with Gasteiger partial charge in [-0.3, -0.25) is 4.99 Å². The van der Waals surface area contributed by atoms with E-state index in [9.17, 15) is 8.42 Å². The van der Waals surface area contributed by atoms with Gasteiger partial charge in [0.1, 0.15) is 21.7 Å². The minimum atomic E-state index is -2.98. The molecule has 1 saturated carbocycles. The third-order valence-corrected chi connectivity index (χ3v) is 6.37. The lowest BCUT2D eigenvalue weighted by Crippen LogP contribution is -2.41. The largest absolute Gasteiger partial charge is 0.488 e. The van der Waals surface area contributed by atoms with Crippen LogP contribution in [0.3, 0.4) is 0 Å². The number of guanidine groups is 1. The Balaban J connectivity index is 1.56. The highest BCUT2D eigenvalue weighted by Gasteiger charge is 2.45. The van der Waals surface area contributed by atoms with Crippen LogP contribution in [-0.4, -0.2) is 59.3 Å². The molecule has 28 heavy (non-hydrogen) atoms. The van der Waals surface area contributed by atoms with Crippen molar-refractivity contribution in [1.82, 2.24) is 10.6 Å². The van der Waals surface area contributed by atoms with Crippen molar-refractivity contribution in [2.75, 3.05) is 38.8 Å². The number of nitrogens with zero attached hydrogens (tertiary/aromatic N) is 1. The highest BCUT2D eigenvalue weighted by molar-refractivity contribution is 7.90. The SMILES string of the molecule is CN=C(NCc1ccc(C)cc1OC1CCOC1)NCC1(CS(C)(=O)=O)CC1. The zero-order valence-electron chi connectivity index (χ0n) is 17.0. The maximum absolute atomic E-state index is 11.6. The van der Waals surface area contributed by atoms with Crippen molar-refractivity contribution in [2.24, 2.45) is 10.4 Å². The van der Waals surface area contributed by atoms with Gasteiger partial charge in [0.15, 0.2) is 5.96 Å². The van der Waals surface area contributed by atoms with Crippen molar-refractivity contribution in [3.05, 3.63) is 29.3 Å². The molecule has 8 heteroatoms. The number of nitrogens with one attached hydrogen (secondary N) is 2. The van der Waals surface area contributed by atoms with Gasteiger partial charge in [-0.2, -0.15) is 0 Å². The van der Waals surface area contributed by atoms with Gasteiger partial charge in [-0.1, -0.05) is 12.1 Å². The number of aryl methyl sites for hydroxylation is 1. The van der Waals surface area contributed by atoms with Crippen molar-refractivity contribution >= 4 is 15.8 Å². The molecule has 1 saturated heterocycles. The van der Waals surface area contributed by atoms with Crippen molar-refractivity contribution < 1.29 is 17.9 Å². The zero-order valence-corrected chi connectivity index (χ0v) is 17.8. The molecule has 3 rings (SSSR count). The molecular weight excluding hydrogens is 378 g/mol. The predicted molar refractivity (Wildman–Crippen MR) is 111 cm³/mol. The quantitative estimate of drug-likeness (QED) is 0.501. The zero-order chi connectivity index (χ0) is 20.2. The van der Waals surface area contributed by atoms with Gasteiger partial charge in [0.05, 0.1) is 19.0 Å². The summed E-state index contributed by atoms with van der Waals surface area (Å²) >= 11 is 0. The molecule has 1 aromatic rings. The molecular formula is C20H31N3O4S. The van der Waals surface area contributed by atoms with Gasteiger partial charge in [-0.05, 0) is 31.4 Å². The Morgan fingerprint density at radius 2 is 2.14 bits per heavy atom. The third-order valence-electron chi connectivity index (χ3n) is 5.23. The van der Waals surface area contributed by atoms with E-state index < -0.39 is 9.84 Å². The number of ether oxygens (including phenoxy) is 2. The molecule has 1 aliphatic heterocycles. The lowest BCUT2D eigenvalue weighted by molar-refractivity contribution is 0.140. The van der Waals surface area contributed by atoms with E-state index in [0.717, 1.165) is 42.7 Å². The topological polar surface area (TPSA) is 89.0 Å². The fraction of sp³-hybridized carbons (Fsp3) is 0.650. The van der Waals surface area contributed by atoms with Crippen LogP contribution >= 0.6 is 0 Å². The van der Waals surface area contributed by atoms with Crippen LogP contribution in [0.1, 0.15) is 30.4 Å². The fourth-order valence-electron chi connectivity index (χ4n) is 3.48. The lowest BCUT2D eigenvalue weighted by atomic mass is 10.1. The molecule has 156 valence electrons. The summed E-state index contributed by atoms with van der Waals surface area (Å²) in [5.41, 5.74) is 2.06. The van der Waals surface area contributed by atoms with E-state index in [0.29, 0.717) is 25.7 Å². The Labute approximate surface area is 167 Å². The molecule has 2 fully saturated rings. The first-order chi connectivity index (χ1) is 13.3. The lowest BCUT2D eigenvalue weighted by Gasteiger charge is -2.19. The van der Waals surface area contributed by atoms with E-state index in [-0.39, 0.29) is 17.3 Å². The molecule has 1 aliphatic carbocycles. The van der Waals surface area contributed by atoms with Crippen LogP contribution in [0.15, 0.2) is 23.2 Å². The van der Waals surface area contributed by atoms with Crippen LogP contribution in [0.4, 0.5) is 0 Å². The van der Waals surface area contributed by atoms with E-state index in [2.05, 4.69) is 33.8 Å². The van der Waals surface area contributed by atoms with Crippen molar-refractivity contribution in [3.63, 3.8) is 0 Å². The summed E-state index contributed by atoms with van der Waals surface area (Å²) in [6, 6.07) is 6.18. The van der Waals surface area contributed by atoms with E-state index in [1.54, 1.807) is 7.05 Å². The summed E-state index contributed by atoms with van der Waals surface area (Å²) in [5.74, 6) is 1.76. The fourth-order valence-corrected chi connectivity index (χ4v) is 4.98. The Morgan fingerprint density at radius 3 is 2.75 bits per heavy atom. The summed E-state index contributed by atoms with van der Waals surface area (Å²) in [6.45, 7) is 4.60. The van der Waals surface area contributed by atoms with Gasteiger partial charge >= 0.3 is 0 Å². The smallest absolute Gasteiger partial charge is 0.191 e. The van der Waals surface area contributed by atoms with Crippen LogP contribution in [-0.2, 0) is 21.1 Å². The molecule has 7 nitrogen and oxygen atoms in total. The second-order valence-electron chi connectivity index (χ2n) is 8.06. The normalized spacial score (nSPS) is 21.4. The first-order valence-corrected chi connectivity index (χ1v) is 11.8. The Kier molecular flexibility index (Phi) is 6.50. The molecule has 0 aromatic heterocycles. The first kappa shape index (κ1) is 20.9. The molecule has 0 radical (unpaired) electrons. The van der Waals surface area contributed by atoms with Gasteiger partial charge in [0.25, 0.3) is 0 Å². The standard InChI is InChI=1S/C20H31N3O4S/c1-15-4-5-16(18(10-15)27-17-6-9-26-12-17)11-22-19(21-2)23-13-20(7-8-20)14-28(3,24)25/h4-5,10,17H,6-9,11-14H2,1-3H3,(H2,21,22,23). The number of rotatable bonds is 8. The minimum absolute atomic E-state index is 0.101. The number of hydrogen-bond donors (Lipinski definition) is 2. The molecule has 0 bridgehead atoms. The van der Waals surface area contributed by atoms with Crippen molar-refractivity contribution in [3.8, 4) is 5.75 Å². The molecule has 0 spiro atoms. The highest BCUT2D eigenvalue weighted by atomic mass is 32.2. The molecule has 0 amide bonds. The van der Waals surface area contributed by atoms with Crippen LogP contribution < -0.4 is 15.4 Å². The van der Waals surface area contributed by atoms with Gasteiger partial charge in [0, 0.05) is 43.8 Å². The summed E-state index contributed by atoms with van der Waals surface area (Å²) < 4.78 is 34.8. The second kappa shape index (κ2) is 8.69. The minimum Gasteiger partial charge on any atom is -0.488 e. The third kappa shape index (κ3) is 6.10. The van der Waals surface area contributed by atoms with E-state index >= 15 is 0 Å². The Morgan fingerprint density at radius 1 is 1.36 bits per heavy atom. The maximum atomic E-state index is 11.6. The average molecular weight is 410 g/mol. The molecule has 1 heterocycles. The van der Waals surface area contributed by atoms with Crippen LogP contribution in [0, 0.1) is 12.3 Å². The van der Waals surface area contributed by atoms with Crippen LogP contribution in [0.2, 0.25) is 0 Å². The summed E-state index contributed by atoms with van der Waals surface area (Å²) in [7, 11) is -1.26. The number of benzene rings is 1. The molecule has 2 aliphatic rings. The number of hydrogen-bond acceptors (Lipinski definition) is 5. The molecule has 2 N–H and O–H groups in total. The molecule has 1 unspecified atom stereocenters. The Bertz CT molecular complexity index is 813. The summed E-state index contributed by atoms with van der Waals surface area (Å²) in [6.07, 6.45) is 4.18. The highest BCUT2D eigenvalue weighted by Crippen LogP contribution is 2.46. The van der Waals surface area contributed by atoms with Crippen LogP contribution in [0.5, 0.6) is 5.75 Å². The van der Waals surface area contributed by atoms with Crippen molar-refractivity contribution in [1.29, 1.82) is 0 Å². The predicted octanol–water partition coefficient (Wildman–Crippen LogP) is 1.65. The van der Waals surface area contributed by atoms with Crippen LogP contribution in [0.25, 0.3) is 0 Å².